The molecule has 6 nitrogen and oxygen atoms in total. The summed E-state index contributed by atoms with van der Waals surface area (Å²) >= 11 is 6.50. The van der Waals surface area contributed by atoms with Crippen molar-refractivity contribution in [3.63, 3.8) is 0 Å². The van der Waals surface area contributed by atoms with Gasteiger partial charge in [0, 0.05) is 62.9 Å². The highest BCUT2D eigenvalue weighted by atomic mass is 35.5. The topological polar surface area (TPSA) is 84.0 Å². The summed E-state index contributed by atoms with van der Waals surface area (Å²) in [5.41, 5.74) is 9.63. The van der Waals surface area contributed by atoms with Gasteiger partial charge in [-0.3, -0.25) is 30.4 Å². The highest BCUT2D eigenvalue weighted by Crippen LogP contribution is 2.32. The zero-order valence-corrected chi connectivity index (χ0v) is 19.6. The van der Waals surface area contributed by atoms with Gasteiger partial charge < -0.3 is 0 Å². The average Bonchev–Trinajstić information content (AvgIpc) is 2.76. The number of benzene rings is 1. The molecule has 0 saturated heterocycles. The van der Waals surface area contributed by atoms with Gasteiger partial charge in [0.1, 0.15) is 0 Å². The van der Waals surface area contributed by atoms with Gasteiger partial charge in [-0.1, -0.05) is 52.3 Å². The summed E-state index contributed by atoms with van der Waals surface area (Å²) in [5.74, 6) is -0.943. The van der Waals surface area contributed by atoms with E-state index < -0.39 is 5.91 Å². The Kier molecular flexibility index (Phi) is 6.94. The van der Waals surface area contributed by atoms with Crippen LogP contribution in [0.3, 0.4) is 0 Å². The van der Waals surface area contributed by atoms with Gasteiger partial charge in [-0.2, -0.15) is 0 Å². The summed E-state index contributed by atoms with van der Waals surface area (Å²) < 4.78 is 0. The van der Waals surface area contributed by atoms with E-state index in [9.17, 15) is 9.59 Å². The molecule has 2 amide bonds. The van der Waals surface area contributed by atoms with E-state index >= 15 is 0 Å². The molecule has 0 radical (unpaired) electrons. The van der Waals surface area contributed by atoms with Gasteiger partial charge in [-0.05, 0) is 35.9 Å². The van der Waals surface area contributed by atoms with Crippen LogP contribution in [-0.2, 0) is 10.2 Å². The van der Waals surface area contributed by atoms with Crippen LogP contribution in [0.1, 0.15) is 50.7 Å². The Morgan fingerprint density at radius 1 is 0.938 bits per heavy atom. The van der Waals surface area contributed by atoms with Crippen molar-refractivity contribution < 1.29 is 9.59 Å². The second kappa shape index (κ2) is 9.49. The monoisotopic (exact) mass is 450 g/mol. The molecule has 166 valence electrons. The van der Waals surface area contributed by atoms with Crippen molar-refractivity contribution in [2.24, 2.45) is 5.92 Å². The highest BCUT2D eigenvalue weighted by Gasteiger charge is 2.17. The Labute approximate surface area is 193 Å². The lowest BCUT2D eigenvalue weighted by molar-refractivity contribution is -0.124. The Balaban J connectivity index is 1.85. The van der Waals surface area contributed by atoms with Crippen molar-refractivity contribution in [3.8, 4) is 22.3 Å². The number of carbonyl (C=O) groups excluding carboxylic acids is 2. The van der Waals surface area contributed by atoms with Crippen LogP contribution < -0.4 is 10.9 Å². The Hall–Kier alpha value is -3.25. The number of nitrogens with one attached hydrogen (secondary N) is 2. The van der Waals surface area contributed by atoms with Gasteiger partial charge in [-0.15, -0.1) is 0 Å². The van der Waals surface area contributed by atoms with Crippen LogP contribution in [0.5, 0.6) is 0 Å². The number of amides is 2. The maximum absolute atomic E-state index is 12.3. The van der Waals surface area contributed by atoms with Crippen LogP contribution in [0.2, 0.25) is 5.02 Å². The maximum atomic E-state index is 12.3. The summed E-state index contributed by atoms with van der Waals surface area (Å²) in [6.45, 7) is 9.86. The maximum Gasteiger partial charge on any atom is 0.269 e. The molecule has 2 N–H and O–H groups in total. The minimum Gasteiger partial charge on any atom is -0.273 e. The van der Waals surface area contributed by atoms with Crippen LogP contribution in [0.25, 0.3) is 22.3 Å². The molecule has 0 spiro atoms. The normalized spacial score (nSPS) is 11.3. The quantitative estimate of drug-likeness (QED) is 0.536. The number of pyridine rings is 2. The number of hydrazine groups is 1. The van der Waals surface area contributed by atoms with Crippen molar-refractivity contribution in [2.75, 3.05) is 0 Å². The van der Waals surface area contributed by atoms with E-state index in [2.05, 4.69) is 47.7 Å². The first-order chi connectivity index (χ1) is 15.1. The molecule has 0 atom stereocenters. The molecule has 0 aliphatic rings. The van der Waals surface area contributed by atoms with Crippen LogP contribution in [0.15, 0.2) is 55.0 Å². The van der Waals surface area contributed by atoms with Gasteiger partial charge >= 0.3 is 0 Å². The van der Waals surface area contributed by atoms with Gasteiger partial charge in [0.05, 0.1) is 0 Å². The fourth-order valence-corrected chi connectivity index (χ4v) is 3.28. The van der Waals surface area contributed by atoms with Crippen LogP contribution >= 0.6 is 11.6 Å². The first-order valence-corrected chi connectivity index (χ1v) is 10.8. The van der Waals surface area contributed by atoms with E-state index in [0.717, 1.165) is 27.9 Å². The number of rotatable bonds is 4. The van der Waals surface area contributed by atoms with E-state index in [-0.39, 0.29) is 17.2 Å². The lowest BCUT2D eigenvalue weighted by atomic mass is 9.90. The van der Waals surface area contributed by atoms with Gasteiger partial charge in [0.2, 0.25) is 5.91 Å². The summed E-state index contributed by atoms with van der Waals surface area (Å²) in [6, 6.07) is 11.0. The molecule has 2 aromatic heterocycles. The van der Waals surface area contributed by atoms with Crippen LogP contribution in [0, 0.1) is 5.92 Å². The number of hydrogen-bond donors (Lipinski definition) is 2. The highest BCUT2D eigenvalue weighted by molar-refractivity contribution is 6.33. The third kappa shape index (κ3) is 5.51. The molecule has 7 heteroatoms. The SMILES string of the molecule is CC(C)C(=O)NNC(=O)c1ccc(-c2cncc(-c3ccnc(C(C)(C)C)c3)c2)c(Cl)c1. The number of aromatic nitrogens is 2. The number of halogens is 1. The van der Waals surface area contributed by atoms with E-state index in [1.54, 1.807) is 50.6 Å². The number of hydrogen-bond acceptors (Lipinski definition) is 4. The zero-order chi connectivity index (χ0) is 23.5. The van der Waals surface area contributed by atoms with Gasteiger partial charge in [-0.25, -0.2) is 0 Å². The largest absolute Gasteiger partial charge is 0.273 e. The number of carbonyl (C=O) groups is 2. The molecule has 3 aromatic rings. The average molecular weight is 451 g/mol. The predicted octanol–water partition coefficient (Wildman–Crippen LogP) is 5.18. The molecule has 0 fully saturated rings. The van der Waals surface area contributed by atoms with Gasteiger partial charge in [0.25, 0.3) is 5.91 Å². The van der Waals surface area contributed by atoms with Crippen molar-refractivity contribution in [1.82, 2.24) is 20.8 Å². The lowest BCUT2D eigenvalue weighted by Crippen LogP contribution is -2.43. The van der Waals surface area contributed by atoms with Crippen molar-refractivity contribution >= 4 is 23.4 Å². The standard InChI is InChI=1S/C25H27ClN4O2/c1-15(2)23(31)29-30-24(32)17-6-7-20(21(26)11-17)19-10-18(13-27-14-19)16-8-9-28-22(12-16)25(3,4)5/h6-15H,1-5H3,(H,29,31)(H,30,32). The number of nitrogens with zero attached hydrogens (tertiary/aromatic N) is 2. The smallest absolute Gasteiger partial charge is 0.269 e. The molecule has 3 rings (SSSR count). The summed E-state index contributed by atoms with van der Waals surface area (Å²) in [6.07, 6.45) is 5.35. The van der Waals surface area contributed by atoms with Crippen molar-refractivity contribution in [3.05, 3.63) is 71.3 Å². The Bertz CT molecular complexity index is 1150. The third-order valence-electron chi connectivity index (χ3n) is 4.97. The van der Waals surface area contributed by atoms with Crippen LogP contribution in [0.4, 0.5) is 0 Å². The van der Waals surface area contributed by atoms with Crippen molar-refractivity contribution in [2.45, 2.75) is 40.0 Å². The minimum atomic E-state index is -0.439. The van der Waals surface area contributed by atoms with Crippen molar-refractivity contribution in [1.29, 1.82) is 0 Å². The molecule has 32 heavy (non-hydrogen) atoms. The minimum absolute atomic E-state index is 0.0601. The van der Waals surface area contributed by atoms with E-state index in [1.807, 2.05) is 12.1 Å². The van der Waals surface area contributed by atoms with E-state index in [4.69, 9.17) is 11.6 Å². The molecule has 0 aliphatic carbocycles. The van der Waals surface area contributed by atoms with Crippen LogP contribution in [-0.4, -0.2) is 21.8 Å². The summed E-state index contributed by atoms with van der Waals surface area (Å²) in [5, 5.41) is 0.414. The molecule has 0 saturated carbocycles. The Morgan fingerprint density at radius 3 is 2.31 bits per heavy atom. The first-order valence-electron chi connectivity index (χ1n) is 10.4. The third-order valence-corrected chi connectivity index (χ3v) is 5.28. The molecular formula is C25H27ClN4O2. The lowest BCUT2D eigenvalue weighted by Gasteiger charge is -2.18. The zero-order valence-electron chi connectivity index (χ0n) is 18.9. The molecule has 0 unspecified atom stereocenters. The molecule has 0 aliphatic heterocycles. The second-order valence-corrected chi connectivity index (χ2v) is 9.34. The molecule has 2 heterocycles. The first kappa shape index (κ1) is 23.4. The van der Waals surface area contributed by atoms with E-state index in [0.29, 0.717) is 10.6 Å². The van der Waals surface area contributed by atoms with Gasteiger partial charge in [0.15, 0.2) is 0 Å². The summed E-state index contributed by atoms with van der Waals surface area (Å²) in [7, 11) is 0. The fourth-order valence-electron chi connectivity index (χ4n) is 2.99. The predicted molar refractivity (Wildman–Crippen MR) is 127 cm³/mol. The molecule has 1 aromatic carbocycles. The van der Waals surface area contributed by atoms with E-state index in [1.165, 1.54) is 0 Å². The fraction of sp³-hybridized carbons (Fsp3) is 0.280. The molecule has 0 bridgehead atoms. The Morgan fingerprint density at radius 2 is 1.66 bits per heavy atom. The summed E-state index contributed by atoms with van der Waals surface area (Å²) in [4.78, 5) is 32.8. The molecular weight excluding hydrogens is 424 g/mol. The second-order valence-electron chi connectivity index (χ2n) is 8.93.